The van der Waals surface area contributed by atoms with Crippen molar-refractivity contribution in [2.24, 2.45) is 0 Å². The van der Waals surface area contributed by atoms with Crippen molar-refractivity contribution in [3.05, 3.63) is 29.8 Å². The van der Waals surface area contributed by atoms with E-state index in [-0.39, 0.29) is 5.97 Å². The number of thioether (sulfide) groups is 1. The van der Waals surface area contributed by atoms with Crippen LogP contribution in [-0.2, 0) is 4.74 Å². The molecule has 1 rings (SSSR count). The van der Waals surface area contributed by atoms with Gasteiger partial charge in [-0.25, -0.2) is 4.79 Å². The summed E-state index contributed by atoms with van der Waals surface area (Å²) in [5.74, 6) is 0.722. The zero-order valence-electron chi connectivity index (χ0n) is 8.45. The fourth-order valence-corrected chi connectivity index (χ4v) is 1.92. The predicted octanol–water partition coefficient (Wildman–Crippen LogP) is 2.98. The summed E-state index contributed by atoms with van der Waals surface area (Å²) in [7, 11) is 0. The Morgan fingerprint density at radius 1 is 1.36 bits per heavy atom. The van der Waals surface area contributed by atoms with Gasteiger partial charge in [-0.1, -0.05) is 19.1 Å². The summed E-state index contributed by atoms with van der Waals surface area (Å²) in [5, 5.41) is 0. The second-order valence-electron chi connectivity index (χ2n) is 2.65. The first kappa shape index (κ1) is 11.1. The van der Waals surface area contributed by atoms with Crippen molar-refractivity contribution >= 4 is 17.7 Å². The van der Waals surface area contributed by atoms with E-state index in [0.29, 0.717) is 12.2 Å². The summed E-state index contributed by atoms with van der Waals surface area (Å²) in [4.78, 5) is 12.5. The van der Waals surface area contributed by atoms with Crippen LogP contribution in [0.5, 0.6) is 0 Å². The molecule has 0 aliphatic carbocycles. The van der Waals surface area contributed by atoms with E-state index in [2.05, 4.69) is 6.92 Å². The van der Waals surface area contributed by atoms with Gasteiger partial charge >= 0.3 is 5.97 Å². The van der Waals surface area contributed by atoms with Gasteiger partial charge in [0.25, 0.3) is 0 Å². The molecule has 0 fully saturated rings. The maximum absolute atomic E-state index is 11.5. The second-order valence-corrected chi connectivity index (χ2v) is 3.96. The minimum atomic E-state index is -0.232. The molecule has 14 heavy (non-hydrogen) atoms. The first-order valence-electron chi connectivity index (χ1n) is 4.68. The van der Waals surface area contributed by atoms with E-state index in [1.165, 1.54) is 0 Å². The molecular weight excluding hydrogens is 196 g/mol. The minimum Gasteiger partial charge on any atom is -0.462 e. The summed E-state index contributed by atoms with van der Waals surface area (Å²) in [6.07, 6.45) is 0. The first-order valence-corrected chi connectivity index (χ1v) is 5.67. The highest BCUT2D eigenvalue weighted by Gasteiger charge is 2.10. The molecule has 0 bridgehead atoms. The minimum absolute atomic E-state index is 0.232. The van der Waals surface area contributed by atoms with Gasteiger partial charge in [0.05, 0.1) is 12.2 Å². The van der Waals surface area contributed by atoms with Crippen molar-refractivity contribution in [2.45, 2.75) is 18.7 Å². The van der Waals surface area contributed by atoms with Crippen molar-refractivity contribution in [1.82, 2.24) is 0 Å². The molecule has 0 heterocycles. The molecule has 0 aromatic heterocycles. The SMILES string of the molecule is CCOC(=O)c1ccccc1SCC. The average molecular weight is 210 g/mol. The Bertz CT molecular complexity index is 310. The molecule has 0 aliphatic heterocycles. The zero-order chi connectivity index (χ0) is 10.4. The van der Waals surface area contributed by atoms with Gasteiger partial charge in [0, 0.05) is 4.90 Å². The van der Waals surface area contributed by atoms with E-state index in [1.54, 1.807) is 17.8 Å². The number of benzene rings is 1. The zero-order valence-corrected chi connectivity index (χ0v) is 9.26. The molecule has 0 amide bonds. The molecule has 0 atom stereocenters. The van der Waals surface area contributed by atoms with Gasteiger partial charge in [0.15, 0.2) is 0 Å². The van der Waals surface area contributed by atoms with Crippen LogP contribution in [0, 0.1) is 0 Å². The second kappa shape index (κ2) is 5.70. The van der Waals surface area contributed by atoms with Gasteiger partial charge in [-0.3, -0.25) is 0 Å². The fraction of sp³-hybridized carbons (Fsp3) is 0.364. The lowest BCUT2D eigenvalue weighted by atomic mass is 10.2. The molecule has 1 aromatic rings. The maximum atomic E-state index is 11.5. The fourth-order valence-electron chi connectivity index (χ4n) is 1.13. The van der Waals surface area contributed by atoms with E-state index in [0.717, 1.165) is 10.6 Å². The van der Waals surface area contributed by atoms with Crippen molar-refractivity contribution in [3.63, 3.8) is 0 Å². The number of carbonyl (C=O) groups is 1. The molecule has 1 aromatic carbocycles. The number of ether oxygens (including phenoxy) is 1. The molecule has 0 spiro atoms. The molecule has 0 N–H and O–H groups in total. The van der Waals surface area contributed by atoms with Crippen LogP contribution in [0.2, 0.25) is 0 Å². The number of carbonyl (C=O) groups excluding carboxylic acids is 1. The van der Waals surface area contributed by atoms with E-state index >= 15 is 0 Å². The molecular formula is C11H14O2S. The lowest BCUT2D eigenvalue weighted by Crippen LogP contribution is -2.05. The monoisotopic (exact) mass is 210 g/mol. The molecule has 0 unspecified atom stereocenters. The third kappa shape index (κ3) is 2.77. The van der Waals surface area contributed by atoms with Gasteiger partial charge in [0.2, 0.25) is 0 Å². The molecule has 0 saturated heterocycles. The molecule has 0 saturated carbocycles. The van der Waals surface area contributed by atoms with Crippen molar-refractivity contribution in [3.8, 4) is 0 Å². The molecule has 2 nitrogen and oxygen atoms in total. The highest BCUT2D eigenvalue weighted by molar-refractivity contribution is 7.99. The first-order chi connectivity index (χ1) is 6.79. The Morgan fingerprint density at radius 2 is 2.07 bits per heavy atom. The lowest BCUT2D eigenvalue weighted by Gasteiger charge is -2.06. The Kier molecular flexibility index (Phi) is 4.53. The largest absolute Gasteiger partial charge is 0.462 e. The van der Waals surface area contributed by atoms with E-state index in [4.69, 9.17) is 4.74 Å². The summed E-state index contributed by atoms with van der Waals surface area (Å²) in [6.45, 7) is 4.30. The van der Waals surface area contributed by atoms with Crippen molar-refractivity contribution in [1.29, 1.82) is 0 Å². The molecule has 0 aliphatic rings. The third-order valence-corrected chi connectivity index (χ3v) is 2.64. The van der Waals surface area contributed by atoms with Crippen LogP contribution in [0.25, 0.3) is 0 Å². The predicted molar refractivity (Wildman–Crippen MR) is 58.8 cm³/mol. The number of hydrogen-bond acceptors (Lipinski definition) is 3. The van der Waals surface area contributed by atoms with Gasteiger partial charge in [-0.05, 0) is 24.8 Å². The van der Waals surface area contributed by atoms with Gasteiger partial charge in [-0.2, -0.15) is 0 Å². The van der Waals surface area contributed by atoms with Crippen LogP contribution < -0.4 is 0 Å². The van der Waals surface area contributed by atoms with Crippen LogP contribution in [0.4, 0.5) is 0 Å². The summed E-state index contributed by atoms with van der Waals surface area (Å²) < 4.78 is 4.96. The highest BCUT2D eigenvalue weighted by Crippen LogP contribution is 2.22. The molecule has 76 valence electrons. The Labute approximate surface area is 88.7 Å². The van der Waals surface area contributed by atoms with Gasteiger partial charge < -0.3 is 4.74 Å². The normalized spacial score (nSPS) is 9.86. The topological polar surface area (TPSA) is 26.3 Å². The molecule has 3 heteroatoms. The third-order valence-electron chi connectivity index (χ3n) is 1.68. The molecule has 0 radical (unpaired) electrons. The standard InChI is InChI=1S/C11H14O2S/c1-3-13-11(12)9-7-5-6-8-10(9)14-4-2/h5-8H,3-4H2,1-2H3. The van der Waals surface area contributed by atoms with E-state index in [1.807, 2.05) is 25.1 Å². The summed E-state index contributed by atoms with van der Waals surface area (Å²) in [5.41, 5.74) is 0.668. The Hall–Kier alpha value is -0.960. The van der Waals surface area contributed by atoms with E-state index < -0.39 is 0 Å². The van der Waals surface area contributed by atoms with Gasteiger partial charge in [0.1, 0.15) is 0 Å². The smallest absolute Gasteiger partial charge is 0.339 e. The highest BCUT2D eigenvalue weighted by atomic mass is 32.2. The van der Waals surface area contributed by atoms with Gasteiger partial charge in [-0.15, -0.1) is 11.8 Å². The summed E-state index contributed by atoms with van der Waals surface area (Å²) in [6, 6.07) is 7.53. The van der Waals surface area contributed by atoms with Crippen LogP contribution in [0.3, 0.4) is 0 Å². The Morgan fingerprint density at radius 3 is 2.71 bits per heavy atom. The number of rotatable bonds is 4. The van der Waals surface area contributed by atoms with Crippen molar-refractivity contribution in [2.75, 3.05) is 12.4 Å². The number of hydrogen-bond donors (Lipinski definition) is 0. The Balaban J connectivity index is 2.88. The van der Waals surface area contributed by atoms with Crippen LogP contribution >= 0.6 is 11.8 Å². The quantitative estimate of drug-likeness (QED) is 0.564. The van der Waals surface area contributed by atoms with Crippen LogP contribution in [-0.4, -0.2) is 18.3 Å². The van der Waals surface area contributed by atoms with Crippen molar-refractivity contribution < 1.29 is 9.53 Å². The summed E-state index contributed by atoms with van der Waals surface area (Å²) >= 11 is 1.66. The average Bonchev–Trinajstić information content (AvgIpc) is 2.19. The maximum Gasteiger partial charge on any atom is 0.339 e. The number of esters is 1. The van der Waals surface area contributed by atoms with Crippen LogP contribution in [0.1, 0.15) is 24.2 Å². The lowest BCUT2D eigenvalue weighted by molar-refractivity contribution is 0.0522. The van der Waals surface area contributed by atoms with E-state index in [9.17, 15) is 4.79 Å². The van der Waals surface area contributed by atoms with Crippen LogP contribution in [0.15, 0.2) is 29.2 Å².